The first-order valence-corrected chi connectivity index (χ1v) is 6.51. The number of non-ortho nitro benzene ring substituents is 1. The number of ether oxygens (including phenoxy) is 1. The van der Waals surface area contributed by atoms with Crippen molar-refractivity contribution in [2.24, 2.45) is 5.10 Å². The Labute approximate surface area is 135 Å². The van der Waals surface area contributed by atoms with Crippen LogP contribution in [0.4, 0.5) is 17.1 Å². The van der Waals surface area contributed by atoms with E-state index in [1.807, 2.05) is 0 Å². The summed E-state index contributed by atoms with van der Waals surface area (Å²) < 4.78 is 5.01. The third kappa shape index (κ3) is 3.74. The highest BCUT2D eigenvalue weighted by Gasteiger charge is 2.19. The van der Waals surface area contributed by atoms with Gasteiger partial charge in [-0.15, -0.1) is 0 Å². The zero-order chi connectivity index (χ0) is 17.7. The van der Waals surface area contributed by atoms with Gasteiger partial charge in [-0.05, 0) is 24.3 Å². The molecule has 0 aromatic heterocycles. The Morgan fingerprint density at radius 2 is 1.92 bits per heavy atom. The normalized spacial score (nSPS) is 10.5. The fourth-order valence-corrected chi connectivity index (χ4v) is 1.81. The zero-order valence-corrected chi connectivity index (χ0v) is 12.4. The van der Waals surface area contributed by atoms with Gasteiger partial charge in [-0.3, -0.25) is 25.7 Å². The number of aromatic hydroxyl groups is 1. The molecule has 2 aromatic rings. The molecule has 10 nitrogen and oxygen atoms in total. The third-order valence-corrected chi connectivity index (χ3v) is 3.01. The number of phenolic OH excluding ortho intramolecular Hbond substituents is 1. The van der Waals surface area contributed by atoms with Gasteiger partial charge in [0, 0.05) is 11.6 Å². The van der Waals surface area contributed by atoms with E-state index in [9.17, 15) is 25.3 Å². The second kappa shape index (κ2) is 7.05. The van der Waals surface area contributed by atoms with Crippen LogP contribution in [-0.4, -0.2) is 28.3 Å². The van der Waals surface area contributed by atoms with E-state index in [1.165, 1.54) is 31.5 Å². The molecule has 0 atom stereocenters. The molecule has 10 heteroatoms. The summed E-state index contributed by atoms with van der Waals surface area (Å²) in [6, 6.07) is 7.62. The number of hydrazone groups is 1. The largest absolute Gasteiger partial charge is 0.507 e. The fourth-order valence-electron chi connectivity index (χ4n) is 1.81. The topological polar surface area (TPSA) is 140 Å². The lowest BCUT2D eigenvalue weighted by molar-refractivity contribution is -0.393. The van der Waals surface area contributed by atoms with Crippen molar-refractivity contribution in [3.05, 3.63) is 62.2 Å². The van der Waals surface area contributed by atoms with Crippen LogP contribution < -0.4 is 10.2 Å². The van der Waals surface area contributed by atoms with Gasteiger partial charge in [0.05, 0.1) is 29.2 Å². The van der Waals surface area contributed by atoms with Crippen LogP contribution in [0.2, 0.25) is 0 Å². The highest BCUT2D eigenvalue weighted by molar-refractivity contribution is 5.84. The summed E-state index contributed by atoms with van der Waals surface area (Å²) in [6.45, 7) is 0. The number of rotatable bonds is 6. The van der Waals surface area contributed by atoms with Crippen molar-refractivity contribution in [2.75, 3.05) is 12.5 Å². The molecular weight excluding hydrogens is 320 g/mol. The summed E-state index contributed by atoms with van der Waals surface area (Å²) in [5.41, 5.74) is 1.84. The predicted molar refractivity (Wildman–Crippen MR) is 85.6 cm³/mol. The second-order valence-corrected chi connectivity index (χ2v) is 4.51. The van der Waals surface area contributed by atoms with Crippen LogP contribution in [0, 0.1) is 20.2 Å². The Morgan fingerprint density at radius 3 is 2.54 bits per heavy atom. The molecule has 0 aliphatic heterocycles. The number of phenols is 1. The Hall–Kier alpha value is -3.69. The average molecular weight is 332 g/mol. The molecule has 2 aromatic carbocycles. The van der Waals surface area contributed by atoms with Crippen LogP contribution >= 0.6 is 0 Å². The van der Waals surface area contributed by atoms with Gasteiger partial charge in [-0.25, -0.2) is 0 Å². The molecule has 0 saturated carbocycles. The quantitative estimate of drug-likeness (QED) is 0.470. The minimum Gasteiger partial charge on any atom is -0.507 e. The maximum atomic E-state index is 11.0. The minimum atomic E-state index is -0.756. The molecule has 124 valence electrons. The first-order valence-electron chi connectivity index (χ1n) is 6.51. The van der Waals surface area contributed by atoms with Gasteiger partial charge in [0.1, 0.15) is 17.2 Å². The lowest BCUT2D eigenvalue weighted by atomic mass is 10.2. The van der Waals surface area contributed by atoms with E-state index in [0.717, 1.165) is 12.1 Å². The van der Waals surface area contributed by atoms with Gasteiger partial charge in [-0.2, -0.15) is 5.10 Å². The first kappa shape index (κ1) is 16.7. The van der Waals surface area contributed by atoms with Crippen LogP contribution in [-0.2, 0) is 0 Å². The molecule has 0 saturated heterocycles. The Morgan fingerprint density at radius 1 is 1.17 bits per heavy atom. The highest BCUT2D eigenvalue weighted by atomic mass is 16.6. The third-order valence-electron chi connectivity index (χ3n) is 3.01. The lowest BCUT2D eigenvalue weighted by Gasteiger charge is -2.04. The lowest BCUT2D eigenvalue weighted by Crippen LogP contribution is -1.99. The van der Waals surface area contributed by atoms with E-state index < -0.39 is 21.2 Å². The summed E-state index contributed by atoms with van der Waals surface area (Å²) in [5.74, 6) is 0.440. The number of methoxy groups -OCH3 is 1. The molecule has 0 spiro atoms. The summed E-state index contributed by atoms with van der Waals surface area (Å²) in [7, 11) is 1.46. The maximum absolute atomic E-state index is 11.0. The first-order chi connectivity index (χ1) is 11.4. The van der Waals surface area contributed by atoms with Crippen molar-refractivity contribution >= 4 is 23.3 Å². The predicted octanol–water partition coefficient (Wildman–Crippen LogP) is 2.66. The van der Waals surface area contributed by atoms with E-state index in [1.54, 1.807) is 6.07 Å². The van der Waals surface area contributed by atoms with Crippen molar-refractivity contribution < 1.29 is 19.7 Å². The number of benzene rings is 2. The SMILES string of the molecule is COc1ccc(O)c(C=NNc2ccc([N+](=O)[O-])cc2[N+](=O)[O-])c1. The van der Waals surface area contributed by atoms with Crippen molar-refractivity contribution in [3.63, 3.8) is 0 Å². The molecule has 0 bridgehead atoms. The zero-order valence-electron chi connectivity index (χ0n) is 12.4. The van der Waals surface area contributed by atoms with Gasteiger partial charge in [-0.1, -0.05) is 0 Å². The molecule has 0 unspecified atom stereocenters. The van der Waals surface area contributed by atoms with Crippen molar-refractivity contribution in [1.29, 1.82) is 0 Å². The van der Waals surface area contributed by atoms with E-state index in [0.29, 0.717) is 11.3 Å². The highest BCUT2D eigenvalue weighted by Crippen LogP contribution is 2.29. The van der Waals surface area contributed by atoms with Gasteiger partial charge < -0.3 is 9.84 Å². The molecular formula is C14H12N4O6. The average Bonchev–Trinajstić information content (AvgIpc) is 2.56. The number of anilines is 1. The van der Waals surface area contributed by atoms with Crippen molar-refractivity contribution in [1.82, 2.24) is 0 Å². The summed E-state index contributed by atoms with van der Waals surface area (Å²) in [6.07, 6.45) is 1.24. The Kier molecular flexibility index (Phi) is 4.90. The minimum absolute atomic E-state index is 0.0239. The molecule has 0 fully saturated rings. The molecule has 0 heterocycles. The van der Waals surface area contributed by atoms with Crippen LogP contribution in [0.3, 0.4) is 0 Å². The number of nitrogens with one attached hydrogen (secondary N) is 1. The standard InChI is InChI=1S/C14H12N4O6/c1-24-11-3-5-14(19)9(6-11)8-15-16-12-4-2-10(17(20)21)7-13(12)18(22)23/h2-8,16,19H,1H3. The number of nitrogens with zero attached hydrogens (tertiary/aromatic N) is 3. The van der Waals surface area contributed by atoms with Crippen LogP contribution in [0.5, 0.6) is 11.5 Å². The summed E-state index contributed by atoms with van der Waals surface area (Å²) in [5, 5.41) is 35.2. The molecule has 0 aliphatic carbocycles. The molecule has 24 heavy (non-hydrogen) atoms. The Balaban J connectivity index is 2.25. The molecule has 0 amide bonds. The number of hydrogen-bond donors (Lipinski definition) is 2. The Bertz CT molecular complexity index is 821. The van der Waals surface area contributed by atoms with Gasteiger partial charge >= 0.3 is 5.69 Å². The van der Waals surface area contributed by atoms with Crippen LogP contribution in [0.15, 0.2) is 41.5 Å². The van der Waals surface area contributed by atoms with E-state index in [-0.39, 0.29) is 11.4 Å². The van der Waals surface area contributed by atoms with Crippen molar-refractivity contribution in [3.8, 4) is 11.5 Å². The van der Waals surface area contributed by atoms with Crippen LogP contribution in [0.25, 0.3) is 0 Å². The fraction of sp³-hybridized carbons (Fsp3) is 0.0714. The summed E-state index contributed by atoms with van der Waals surface area (Å²) in [4.78, 5) is 20.2. The molecule has 2 N–H and O–H groups in total. The molecule has 0 aliphatic rings. The van der Waals surface area contributed by atoms with Gasteiger partial charge in [0.2, 0.25) is 0 Å². The van der Waals surface area contributed by atoms with E-state index in [4.69, 9.17) is 4.74 Å². The van der Waals surface area contributed by atoms with Gasteiger partial charge in [0.25, 0.3) is 5.69 Å². The van der Waals surface area contributed by atoms with E-state index in [2.05, 4.69) is 10.5 Å². The van der Waals surface area contributed by atoms with Crippen LogP contribution in [0.1, 0.15) is 5.56 Å². The second-order valence-electron chi connectivity index (χ2n) is 4.51. The number of nitro groups is 2. The van der Waals surface area contributed by atoms with Gasteiger partial charge in [0.15, 0.2) is 0 Å². The number of hydrogen-bond acceptors (Lipinski definition) is 8. The van der Waals surface area contributed by atoms with Crippen molar-refractivity contribution in [2.45, 2.75) is 0 Å². The van der Waals surface area contributed by atoms with E-state index >= 15 is 0 Å². The monoisotopic (exact) mass is 332 g/mol. The number of nitro benzene ring substituents is 2. The molecule has 0 radical (unpaired) electrons. The summed E-state index contributed by atoms with van der Waals surface area (Å²) >= 11 is 0. The maximum Gasteiger partial charge on any atom is 0.301 e. The molecule has 2 rings (SSSR count). The smallest absolute Gasteiger partial charge is 0.301 e.